The zero-order chi connectivity index (χ0) is 21.9. The van der Waals surface area contributed by atoms with Crippen LogP contribution in [0.2, 0.25) is 5.02 Å². The van der Waals surface area contributed by atoms with E-state index >= 15 is 0 Å². The van der Waals surface area contributed by atoms with Gasteiger partial charge in [-0.15, -0.1) is 0 Å². The van der Waals surface area contributed by atoms with Crippen LogP contribution in [0.15, 0.2) is 36.7 Å². The summed E-state index contributed by atoms with van der Waals surface area (Å²) in [5.41, 5.74) is 6.29. The number of alkyl halides is 3. The summed E-state index contributed by atoms with van der Waals surface area (Å²) in [7, 11) is 0. The molecule has 3 amide bonds. The number of nitrogens with zero attached hydrogens (tertiary/aromatic N) is 3. The second kappa shape index (κ2) is 8.70. The topological polar surface area (TPSA) is 101 Å². The number of urea groups is 1. The molecule has 30 heavy (non-hydrogen) atoms. The Bertz CT molecular complexity index is 993. The molecular formula is C19H17ClF3N5O2. The van der Waals surface area contributed by atoms with E-state index in [0.29, 0.717) is 35.4 Å². The highest BCUT2D eigenvalue weighted by molar-refractivity contribution is 6.32. The molecular weight excluding hydrogens is 423 g/mol. The first-order valence-corrected chi connectivity index (χ1v) is 9.22. The molecule has 0 bridgehead atoms. The molecule has 0 fully saturated rings. The molecule has 0 aliphatic carbocycles. The van der Waals surface area contributed by atoms with Crippen LogP contribution in [0.5, 0.6) is 0 Å². The lowest BCUT2D eigenvalue weighted by atomic mass is 10.0. The quantitative estimate of drug-likeness (QED) is 0.761. The predicted molar refractivity (Wildman–Crippen MR) is 105 cm³/mol. The highest BCUT2D eigenvalue weighted by Gasteiger charge is 2.30. The molecule has 2 aromatic heterocycles. The zero-order valence-electron chi connectivity index (χ0n) is 15.5. The molecule has 3 N–H and O–H groups in total. The number of rotatable bonds is 4. The fraction of sp³-hybridized carbons (Fsp3) is 0.263. The molecule has 158 valence electrons. The first-order chi connectivity index (χ1) is 14.1. The van der Waals surface area contributed by atoms with Crippen molar-refractivity contribution >= 4 is 34.9 Å². The fourth-order valence-corrected chi connectivity index (χ4v) is 3.21. The summed E-state index contributed by atoms with van der Waals surface area (Å²) in [6.07, 6.45) is 0.0253. The Morgan fingerprint density at radius 3 is 2.53 bits per heavy atom. The van der Waals surface area contributed by atoms with Crippen LogP contribution in [0.3, 0.4) is 0 Å². The van der Waals surface area contributed by atoms with Gasteiger partial charge >= 0.3 is 12.2 Å². The van der Waals surface area contributed by atoms with Crippen molar-refractivity contribution in [1.82, 2.24) is 14.9 Å². The van der Waals surface area contributed by atoms with Crippen LogP contribution >= 0.6 is 11.6 Å². The van der Waals surface area contributed by atoms with Crippen molar-refractivity contribution in [2.75, 3.05) is 18.4 Å². The number of amides is 3. The normalized spacial score (nSPS) is 14.3. The molecule has 7 nitrogen and oxygen atoms in total. The molecule has 1 aliphatic heterocycles. The summed E-state index contributed by atoms with van der Waals surface area (Å²) < 4.78 is 37.7. The smallest absolute Gasteiger partial charge is 0.369 e. The second-order valence-corrected chi connectivity index (χ2v) is 7.01. The van der Waals surface area contributed by atoms with Gasteiger partial charge in [-0.1, -0.05) is 17.7 Å². The number of hydrogen-bond donors (Lipinski definition) is 2. The van der Waals surface area contributed by atoms with Crippen LogP contribution < -0.4 is 11.1 Å². The largest absolute Gasteiger partial charge is 0.417 e. The van der Waals surface area contributed by atoms with Crippen LogP contribution in [-0.2, 0) is 17.4 Å². The molecule has 0 saturated heterocycles. The Morgan fingerprint density at radius 2 is 2.00 bits per heavy atom. The van der Waals surface area contributed by atoms with E-state index in [1.165, 1.54) is 11.1 Å². The van der Waals surface area contributed by atoms with Crippen molar-refractivity contribution in [2.45, 2.75) is 19.0 Å². The van der Waals surface area contributed by atoms with Gasteiger partial charge in [0.15, 0.2) is 0 Å². The van der Waals surface area contributed by atoms with Gasteiger partial charge in [-0.2, -0.15) is 13.2 Å². The highest BCUT2D eigenvalue weighted by atomic mass is 35.5. The molecule has 0 aromatic carbocycles. The van der Waals surface area contributed by atoms with Crippen molar-refractivity contribution in [2.24, 2.45) is 5.73 Å². The van der Waals surface area contributed by atoms with Crippen LogP contribution in [0.4, 0.5) is 23.8 Å². The minimum absolute atomic E-state index is 0.0255. The number of aromatic nitrogens is 2. The number of carbonyl (C=O) groups is 2. The third-order valence-electron chi connectivity index (χ3n) is 4.40. The average Bonchev–Trinajstić information content (AvgIpc) is 2.67. The number of nitrogens with two attached hydrogens (primary N) is 1. The lowest BCUT2D eigenvalue weighted by Crippen LogP contribution is -2.38. The van der Waals surface area contributed by atoms with Crippen molar-refractivity contribution in [3.8, 4) is 0 Å². The van der Waals surface area contributed by atoms with Gasteiger partial charge in [0.25, 0.3) is 0 Å². The molecule has 3 rings (SSSR count). The van der Waals surface area contributed by atoms with Gasteiger partial charge in [-0.25, -0.2) is 9.78 Å². The van der Waals surface area contributed by atoms with E-state index in [1.807, 2.05) is 0 Å². The van der Waals surface area contributed by atoms with Gasteiger partial charge in [0.05, 0.1) is 22.7 Å². The number of halogens is 4. The predicted octanol–water partition coefficient (Wildman–Crippen LogP) is 3.50. The second-order valence-electron chi connectivity index (χ2n) is 6.60. The van der Waals surface area contributed by atoms with Crippen molar-refractivity contribution in [3.63, 3.8) is 0 Å². The number of primary amides is 1. The molecule has 0 unspecified atom stereocenters. The lowest BCUT2D eigenvalue weighted by Gasteiger charge is -2.26. The van der Waals surface area contributed by atoms with Gasteiger partial charge in [-0.3, -0.25) is 15.1 Å². The Kier molecular flexibility index (Phi) is 6.25. The van der Waals surface area contributed by atoms with E-state index in [0.717, 1.165) is 17.7 Å². The Morgan fingerprint density at radius 1 is 1.23 bits per heavy atom. The van der Waals surface area contributed by atoms with Gasteiger partial charge in [0.1, 0.15) is 5.82 Å². The minimum Gasteiger partial charge on any atom is -0.369 e. The number of anilines is 1. The number of pyridine rings is 2. The fourth-order valence-electron chi connectivity index (χ4n) is 2.90. The minimum atomic E-state index is -4.49. The molecule has 0 saturated carbocycles. The molecule has 3 heterocycles. The summed E-state index contributed by atoms with van der Waals surface area (Å²) in [5, 5.41) is 2.86. The van der Waals surface area contributed by atoms with Gasteiger partial charge in [-0.05, 0) is 35.8 Å². The van der Waals surface area contributed by atoms with E-state index in [4.69, 9.17) is 17.3 Å². The van der Waals surface area contributed by atoms with Crippen molar-refractivity contribution in [3.05, 3.63) is 58.5 Å². The molecule has 0 spiro atoms. The summed E-state index contributed by atoms with van der Waals surface area (Å²) in [4.78, 5) is 32.7. The Hall–Kier alpha value is -3.14. The summed E-state index contributed by atoms with van der Waals surface area (Å²) in [6, 6.07) is 3.11. The molecule has 0 radical (unpaired) electrons. The molecule has 0 atom stereocenters. The van der Waals surface area contributed by atoms with Crippen LogP contribution in [0.25, 0.3) is 5.57 Å². The highest BCUT2D eigenvalue weighted by Crippen LogP contribution is 2.29. The van der Waals surface area contributed by atoms with E-state index in [-0.39, 0.29) is 18.8 Å². The molecule has 1 aliphatic rings. The summed E-state index contributed by atoms with van der Waals surface area (Å²) in [5.74, 6) is -0.459. The van der Waals surface area contributed by atoms with Crippen LogP contribution in [-0.4, -0.2) is 39.9 Å². The van der Waals surface area contributed by atoms with Crippen LogP contribution in [0.1, 0.15) is 23.2 Å². The molecule has 2 aromatic rings. The number of hydrogen-bond acceptors (Lipinski definition) is 4. The monoisotopic (exact) mass is 439 g/mol. The summed E-state index contributed by atoms with van der Waals surface area (Å²) in [6.45, 7) is 0.627. The lowest BCUT2D eigenvalue weighted by molar-refractivity contribution is -0.137. The third-order valence-corrected chi connectivity index (χ3v) is 4.69. The van der Waals surface area contributed by atoms with E-state index in [1.54, 1.807) is 12.1 Å². The maximum absolute atomic E-state index is 12.6. The van der Waals surface area contributed by atoms with Crippen molar-refractivity contribution in [1.29, 1.82) is 0 Å². The maximum atomic E-state index is 12.6. The first kappa shape index (κ1) is 21.6. The maximum Gasteiger partial charge on any atom is 0.417 e. The zero-order valence-corrected chi connectivity index (χ0v) is 16.3. The molecule has 11 heteroatoms. The Labute approximate surface area is 174 Å². The summed E-state index contributed by atoms with van der Waals surface area (Å²) >= 11 is 6.26. The average molecular weight is 440 g/mol. The number of carbonyl (C=O) groups excluding carboxylic acids is 2. The van der Waals surface area contributed by atoms with Crippen molar-refractivity contribution < 1.29 is 22.8 Å². The van der Waals surface area contributed by atoms with Gasteiger partial charge < -0.3 is 10.6 Å². The standard InChI is InChI=1S/C19H17ClF3N5O2/c20-14-7-11(8-15(24)29)9-26-17(14)12-3-5-28(6-4-12)18(30)27-16-2-1-13(10-25-16)19(21,22)23/h1-3,7,9-10H,4-6,8H2,(H2,24,29)(H,25,27,30). The SMILES string of the molecule is NC(=O)Cc1cnc(C2=CCN(C(=O)Nc3ccc(C(F)(F)F)cn3)CC2)c(Cl)c1. The van der Waals surface area contributed by atoms with Crippen LogP contribution in [0, 0.1) is 0 Å². The Balaban J connectivity index is 1.62. The first-order valence-electron chi connectivity index (χ1n) is 8.85. The van der Waals surface area contributed by atoms with E-state index in [2.05, 4.69) is 15.3 Å². The van der Waals surface area contributed by atoms with E-state index < -0.39 is 23.7 Å². The number of nitrogens with one attached hydrogen (secondary N) is 1. The van der Waals surface area contributed by atoms with Gasteiger partial charge in [0.2, 0.25) is 5.91 Å². The van der Waals surface area contributed by atoms with Gasteiger partial charge in [0, 0.05) is 25.5 Å². The van der Waals surface area contributed by atoms with E-state index in [9.17, 15) is 22.8 Å². The third kappa shape index (κ3) is 5.26.